The lowest BCUT2D eigenvalue weighted by Crippen LogP contribution is -3.00. The van der Waals surface area contributed by atoms with Crippen molar-refractivity contribution in [3.05, 3.63) is 84.4 Å². The highest BCUT2D eigenvalue weighted by Gasteiger charge is 2.30. The van der Waals surface area contributed by atoms with Gasteiger partial charge >= 0.3 is 7.75 Å². The van der Waals surface area contributed by atoms with E-state index in [1.165, 1.54) is 11.8 Å². The van der Waals surface area contributed by atoms with Gasteiger partial charge in [0.25, 0.3) is 0 Å². The average Bonchev–Trinajstić information content (AvgIpc) is 2.62. The lowest BCUT2D eigenvalue weighted by atomic mass is 10.1. The van der Waals surface area contributed by atoms with Crippen molar-refractivity contribution in [3.63, 3.8) is 0 Å². The standard InChI is InChI=1S/C19H19N2O3P.2BrH/c1-2-19-14-18(10-13-21(19)25(22,23)24)17-8-11-20(12-9-17)15-16-6-4-3-5-7-16;;/h3-14H,2,15H2,1H3;2*1H. The van der Waals surface area contributed by atoms with Crippen LogP contribution in [0.4, 0.5) is 0 Å². The van der Waals surface area contributed by atoms with Gasteiger partial charge in [0, 0.05) is 36.2 Å². The summed E-state index contributed by atoms with van der Waals surface area (Å²) >= 11 is 0. The van der Waals surface area contributed by atoms with Crippen LogP contribution in [0.25, 0.3) is 11.1 Å². The molecule has 0 radical (unpaired) electrons. The predicted octanol–water partition coefficient (Wildman–Crippen LogP) is -3.51. The minimum absolute atomic E-state index is 0. The molecule has 2 heterocycles. The number of nitrogens with zero attached hydrogens (tertiary/aromatic N) is 2. The van der Waals surface area contributed by atoms with Crippen LogP contribution in [0.15, 0.2) is 73.2 Å². The Morgan fingerprint density at radius 3 is 2.04 bits per heavy atom. The van der Waals surface area contributed by atoms with Crippen LogP contribution in [-0.2, 0) is 17.5 Å². The minimum Gasteiger partial charge on any atom is -1.00 e. The molecule has 2 aromatic heterocycles. The maximum absolute atomic E-state index is 11.5. The maximum atomic E-state index is 11.5. The first kappa shape index (κ1) is 23.7. The van der Waals surface area contributed by atoms with Crippen LogP contribution in [0.5, 0.6) is 0 Å². The largest absolute Gasteiger partial charge is 1.00 e. The summed E-state index contributed by atoms with van der Waals surface area (Å²) in [5.41, 5.74) is 3.79. The second kappa shape index (κ2) is 10.2. The van der Waals surface area contributed by atoms with Gasteiger partial charge in [-0.15, -0.1) is 4.34 Å². The first-order valence-electron chi connectivity index (χ1n) is 8.12. The molecule has 0 aliphatic carbocycles. The third-order valence-electron chi connectivity index (χ3n) is 4.09. The number of halogens is 2. The van der Waals surface area contributed by atoms with Crippen LogP contribution in [0.2, 0.25) is 0 Å². The van der Waals surface area contributed by atoms with Gasteiger partial charge in [-0.05, 0) is 11.1 Å². The summed E-state index contributed by atoms with van der Waals surface area (Å²) in [5.74, 6) is 0. The normalized spacial score (nSPS) is 10.6. The molecule has 0 bridgehead atoms. The molecule has 3 aromatic rings. The molecule has 0 atom stereocenters. The third-order valence-corrected chi connectivity index (χ3v) is 5.04. The van der Waals surface area contributed by atoms with E-state index >= 15 is 0 Å². The fraction of sp³-hybridized carbons (Fsp3) is 0.158. The zero-order chi connectivity index (χ0) is 17.9. The SMILES string of the molecule is CCc1cc(-c2cc[n+](Cc3ccccc3)cc2)cc[n+]1P(=O)(O)O.[Br-].[Br-]. The van der Waals surface area contributed by atoms with E-state index in [0.29, 0.717) is 12.1 Å². The average molecular weight is 516 g/mol. The van der Waals surface area contributed by atoms with E-state index in [-0.39, 0.29) is 34.0 Å². The maximum Gasteiger partial charge on any atom is 0.607 e. The smallest absolute Gasteiger partial charge is 0.607 e. The molecule has 0 fully saturated rings. The number of benzene rings is 1. The number of aryl methyl sites for hydroxylation is 1. The molecule has 144 valence electrons. The molecule has 27 heavy (non-hydrogen) atoms. The zero-order valence-corrected chi connectivity index (χ0v) is 18.8. The van der Waals surface area contributed by atoms with Crippen LogP contribution in [0.1, 0.15) is 18.2 Å². The summed E-state index contributed by atoms with van der Waals surface area (Å²) in [7, 11) is -4.32. The molecule has 0 amide bonds. The van der Waals surface area contributed by atoms with Gasteiger partial charge in [0.15, 0.2) is 30.8 Å². The van der Waals surface area contributed by atoms with Crippen molar-refractivity contribution >= 4 is 7.75 Å². The van der Waals surface area contributed by atoms with Crippen molar-refractivity contribution in [3.8, 4) is 11.1 Å². The van der Waals surface area contributed by atoms with Crippen molar-refractivity contribution in [2.75, 3.05) is 0 Å². The fourth-order valence-electron chi connectivity index (χ4n) is 2.79. The van der Waals surface area contributed by atoms with Gasteiger partial charge in [0.2, 0.25) is 0 Å². The number of aromatic nitrogens is 2. The molecule has 5 nitrogen and oxygen atoms in total. The Morgan fingerprint density at radius 1 is 0.889 bits per heavy atom. The molecule has 3 rings (SSSR count). The summed E-state index contributed by atoms with van der Waals surface area (Å²) < 4.78 is 14.7. The van der Waals surface area contributed by atoms with Crippen molar-refractivity contribution in [2.45, 2.75) is 19.9 Å². The van der Waals surface area contributed by atoms with Gasteiger partial charge in [0.1, 0.15) is 0 Å². The van der Waals surface area contributed by atoms with Crippen LogP contribution >= 0.6 is 7.75 Å². The van der Waals surface area contributed by atoms with Gasteiger partial charge in [0.05, 0.1) is 0 Å². The molecular weight excluding hydrogens is 495 g/mol. The topological polar surface area (TPSA) is 65.3 Å². The first-order valence-corrected chi connectivity index (χ1v) is 9.68. The third kappa shape index (κ3) is 6.06. The van der Waals surface area contributed by atoms with Gasteiger partial charge in [-0.3, -0.25) is 9.79 Å². The lowest BCUT2D eigenvalue weighted by Gasteiger charge is -2.06. The Labute approximate surface area is 180 Å². The Balaban J connectivity index is 0.00000182. The molecule has 0 aliphatic heterocycles. The highest BCUT2D eigenvalue weighted by atomic mass is 79.9. The van der Waals surface area contributed by atoms with E-state index in [9.17, 15) is 14.4 Å². The van der Waals surface area contributed by atoms with E-state index in [4.69, 9.17) is 0 Å². The molecular formula is C19H21Br2N2O3P. The monoisotopic (exact) mass is 514 g/mol. The molecule has 1 aromatic carbocycles. The number of rotatable bonds is 5. The van der Waals surface area contributed by atoms with Crippen molar-refractivity contribution in [1.82, 2.24) is 0 Å². The molecule has 0 aliphatic rings. The van der Waals surface area contributed by atoms with Gasteiger partial charge in [-0.25, -0.2) is 4.57 Å². The molecule has 0 saturated heterocycles. The number of hydrogen-bond acceptors (Lipinski definition) is 1. The molecule has 8 heteroatoms. The summed E-state index contributed by atoms with van der Waals surface area (Å²) in [6.45, 7) is 2.68. The number of hydrogen-bond donors (Lipinski definition) is 2. The molecule has 0 spiro atoms. The van der Waals surface area contributed by atoms with Gasteiger partial charge in [-0.1, -0.05) is 37.3 Å². The van der Waals surface area contributed by atoms with Crippen LogP contribution in [0, 0.1) is 0 Å². The van der Waals surface area contributed by atoms with Crippen LogP contribution in [0.3, 0.4) is 0 Å². The summed E-state index contributed by atoms with van der Waals surface area (Å²) in [6, 6.07) is 17.8. The minimum atomic E-state index is -4.32. The van der Waals surface area contributed by atoms with Crippen LogP contribution < -0.4 is 42.9 Å². The molecule has 2 N–H and O–H groups in total. The van der Waals surface area contributed by atoms with E-state index in [2.05, 4.69) is 16.7 Å². The highest BCUT2D eigenvalue weighted by Crippen LogP contribution is 2.29. The second-order valence-electron chi connectivity index (χ2n) is 5.86. The van der Waals surface area contributed by atoms with E-state index < -0.39 is 7.75 Å². The predicted molar refractivity (Wildman–Crippen MR) is 94.6 cm³/mol. The molecule has 0 saturated carbocycles. The summed E-state index contributed by atoms with van der Waals surface area (Å²) in [4.78, 5) is 18.8. The Kier molecular flexibility index (Phi) is 8.99. The van der Waals surface area contributed by atoms with Crippen molar-refractivity contribution in [1.29, 1.82) is 0 Å². The van der Waals surface area contributed by atoms with E-state index in [0.717, 1.165) is 22.0 Å². The van der Waals surface area contributed by atoms with Crippen LogP contribution in [-0.4, -0.2) is 9.79 Å². The Morgan fingerprint density at radius 2 is 1.48 bits per heavy atom. The quantitative estimate of drug-likeness (QED) is 0.274. The Hall–Kier alpha value is -1.37. The van der Waals surface area contributed by atoms with E-state index in [1.54, 1.807) is 6.07 Å². The van der Waals surface area contributed by atoms with E-state index in [1.807, 2.05) is 55.7 Å². The highest BCUT2D eigenvalue weighted by molar-refractivity contribution is 7.44. The second-order valence-corrected chi connectivity index (χ2v) is 7.32. The van der Waals surface area contributed by atoms with Gasteiger partial charge < -0.3 is 34.0 Å². The Bertz CT molecular complexity index is 916. The number of pyridine rings is 2. The van der Waals surface area contributed by atoms with Crippen molar-refractivity contribution in [2.24, 2.45) is 0 Å². The molecule has 0 unspecified atom stereocenters. The zero-order valence-electron chi connectivity index (χ0n) is 14.7. The first-order chi connectivity index (χ1) is 12.0. The summed E-state index contributed by atoms with van der Waals surface area (Å²) in [6.07, 6.45) is 6.02. The lowest BCUT2D eigenvalue weighted by molar-refractivity contribution is -0.688. The summed E-state index contributed by atoms with van der Waals surface area (Å²) in [5, 5.41) is 0. The van der Waals surface area contributed by atoms with Gasteiger partial charge in [-0.2, -0.15) is 4.57 Å². The van der Waals surface area contributed by atoms with Crippen molar-refractivity contribution < 1.29 is 57.2 Å². The fourth-order valence-corrected chi connectivity index (χ4v) is 3.56.